The van der Waals surface area contributed by atoms with E-state index in [0.717, 1.165) is 13.0 Å². The minimum absolute atomic E-state index is 0.0866. The Labute approximate surface area is 194 Å². The van der Waals surface area contributed by atoms with Crippen LogP contribution >= 0.6 is 12.6 Å². The molecule has 1 aliphatic heterocycles. The lowest BCUT2D eigenvalue weighted by atomic mass is 10.0. The van der Waals surface area contributed by atoms with Crippen molar-refractivity contribution in [1.29, 1.82) is 0 Å². The summed E-state index contributed by atoms with van der Waals surface area (Å²) in [6, 6.07) is -3.28. The molecule has 4 unspecified atom stereocenters. The highest BCUT2D eigenvalue weighted by Gasteiger charge is 2.30. The number of nitrogens with two attached hydrogens (primary N) is 2. The third-order valence-corrected chi connectivity index (χ3v) is 5.70. The maximum Gasteiger partial charge on any atom is 0.327 e. The van der Waals surface area contributed by atoms with Crippen molar-refractivity contribution in [3.8, 4) is 0 Å². The SMILES string of the molecule is NCCCCC(NC(=O)C(CCCCN)NC(=O)C1CCCN1)C(=O)NC(CS)C(=O)O. The third kappa shape index (κ3) is 10.2. The summed E-state index contributed by atoms with van der Waals surface area (Å²) in [5.74, 6) is -2.64. The average molecular weight is 475 g/mol. The number of nitrogens with one attached hydrogen (secondary N) is 4. The monoisotopic (exact) mass is 474 g/mol. The van der Waals surface area contributed by atoms with Crippen LogP contribution in [0.5, 0.6) is 0 Å². The second-order valence-electron chi connectivity index (χ2n) is 7.92. The molecule has 1 heterocycles. The Morgan fingerprint density at radius 2 is 1.44 bits per heavy atom. The first-order chi connectivity index (χ1) is 15.3. The van der Waals surface area contributed by atoms with Gasteiger partial charge in [-0.2, -0.15) is 12.6 Å². The summed E-state index contributed by atoms with van der Waals surface area (Å²) in [4.78, 5) is 49.5. The molecule has 4 atom stereocenters. The van der Waals surface area contributed by atoms with Crippen LogP contribution in [0.3, 0.4) is 0 Å². The van der Waals surface area contributed by atoms with E-state index in [9.17, 15) is 24.3 Å². The normalized spacial score (nSPS) is 18.4. The van der Waals surface area contributed by atoms with Gasteiger partial charge in [0.25, 0.3) is 0 Å². The third-order valence-electron chi connectivity index (χ3n) is 5.33. The summed E-state index contributed by atoms with van der Waals surface area (Å²) in [7, 11) is 0. The Balaban J connectivity index is 2.86. The van der Waals surface area contributed by atoms with Crippen molar-refractivity contribution in [2.24, 2.45) is 11.5 Å². The Morgan fingerprint density at radius 1 is 0.906 bits per heavy atom. The van der Waals surface area contributed by atoms with Crippen LogP contribution in [-0.4, -0.2) is 78.4 Å². The van der Waals surface area contributed by atoms with Crippen molar-refractivity contribution in [2.45, 2.75) is 75.5 Å². The van der Waals surface area contributed by atoms with Gasteiger partial charge < -0.3 is 37.8 Å². The van der Waals surface area contributed by atoms with Gasteiger partial charge in [-0.25, -0.2) is 4.79 Å². The largest absolute Gasteiger partial charge is 0.480 e. The highest BCUT2D eigenvalue weighted by molar-refractivity contribution is 7.80. The zero-order valence-corrected chi connectivity index (χ0v) is 19.4. The summed E-state index contributed by atoms with van der Waals surface area (Å²) in [5.41, 5.74) is 11.1. The zero-order valence-electron chi connectivity index (χ0n) is 18.5. The molecule has 0 radical (unpaired) electrons. The van der Waals surface area contributed by atoms with E-state index in [1.165, 1.54) is 0 Å². The quantitative estimate of drug-likeness (QED) is 0.0976. The Bertz CT molecular complexity index is 617. The first-order valence-electron chi connectivity index (χ1n) is 11.2. The van der Waals surface area contributed by atoms with E-state index in [1.54, 1.807) is 0 Å². The van der Waals surface area contributed by atoms with E-state index in [-0.39, 0.29) is 17.7 Å². The molecule has 1 aliphatic rings. The van der Waals surface area contributed by atoms with Gasteiger partial charge in [0.2, 0.25) is 17.7 Å². The Hall–Kier alpha value is -1.89. The molecule has 1 rings (SSSR count). The molecule has 11 nitrogen and oxygen atoms in total. The van der Waals surface area contributed by atoms with E-state index in [4.69, 9.17) is 11.5 Å². The smallest absolute Gasteiger partial charge is 0.327 e. The lowest BCUT2D eigenvalue weighted by Crippen LogP contribution is -2.57. The fourth-order valence-corrected chi connectivity index (χ4v) is 3.68. The highest BCUT2D eigenvalue weighted by atomic mass is 32.1. The minimum atomic E-state index is -1.21. The number of rotatable bonds is 16. The lowest BCUT2D eigenvalue weighted by molar-refractivity contribution is -0.141. The molecule has 0 aromatic heterocycles. The van der Waals surface area contributed by atoms with Gasteiger partial charge >= 0.3 is 5.97 Å². The molecule has 0 spiro atoms. The van der Waals surface area contributed by atoms with Gasteiger partial charge in [0.1, 0.15) is 18.1 Å². The van der Waals surface area contributed by atoms with Gasteiger partial charge in [-0.1, -0.05) is 0 Å². The van der Waals surface area contributed by atoms with Crippen molar-refractivity contribution >= 4 is 36.3 Å². The molecule has 0 aliphatic carbocycles. The summed E-state index contributed by atoms with van der Waals surface area (Å²) >= 11 is 3.95. The van der Waals surface area contributed by atoms with Gasteiger partial charge in [0, 0.05) is 5.75 Å². The number of thiol groups is 1. The molecule has 0 aromatic carbocycles. The molecule has 0 aromatic rings. The number of hydrogen-bond donors (Lipinski definition) is 8. The van der Waals surface area contributed by atoms with Gasteiger partial charge in [-0.05, 0) is 71.0 Å². The number of carboxylic acid groups (broad SMARTS) is 1. The fraction of sp³-hybridized carbons (Fsp3) is 0.800. The second-order valence-corrected chi connectivity index (χ2v) is 8.29. The Morgan fingerprint density at radius 3 is 1.88 bits per heavy atom. The number of carboxylic acids is 1. The topological polar surface area (TPSA) is 189 Å². The van der Waals surface area contributed by atoms with Crippen LogP contribution in [0.25, 0.3) is 0 Å². The van der Waals surface area contributed by atoms with Crippen LogP contribution in [0, 0.1) is 0 Å². The molecule has 12 heteroatoms. The van der Waals surface area contributed by atoms with Gasteiger partial charge in [0.05, 0.1) is 6.04 Å². The standard InChI is InChI=1S/C20H38N6O5S/c21-9-3-1-6-14(24-17(27)13-8-5-11-23-13)18(28)25-15(7-2-4-10-22)19(29)26-16(12-32)20(30)31/h13-16,23,32H,1-12,21-22H2,(H,24,27)(H,25,28)(H,26,29)(H,30,31). The number of aliphatic carboxylic acids is 1. The van der Waals surface area contributed by atoms with E-state index < -0.39 is 35.9 Å². The molecular formula is C20H38N6O5S. The molecular weight excluding hydrogens is 436 g/mol. The summed E-state index contributed by atoms with van der Waals surface area (Å²) in [6.07, 6.45) is 4.83. The highest BCUT2D eigenvalue weighted by Crippen LogP contribution is 2.09. The van der Waals surface area contributed by atoms with Crippen molar-refractivity contribution in [3.05, 3.63) is 0 Å². The molecule has 0 saturated carbocycles. The van der Waals surface area contributed by atoms with Crippen LogP contribution in [0.15, 0.2) is 0 Å². The van der Waals surface area contributed by atoms with Gasteiger partial charge in [-0.3, -0.25) is 14.4 Å². The van der Waals surface area contributed by atoms with Crippen LogP contribution < -0.4 is 32.7 Å². The summed E-state index contributed by atoms with van der Waals surface area (Å²) in [5, 5.41) is 20.2. The van der Waals surface area contributed by atoms with E-state index in [2.05, 4.69) is 33.9 Å². The predicted molar refractivity (Wildman–Crippen MR) is 124 cm³/mol. The first kappa shape index (κ1) is 28.1. The molecule has 184 valence electrons. The molecule has 32 heavy (non-hydrogen) atoms. The van der Waals surface area contributed by atoms with E-state index in [1.807, 2.05) is 0 Å². The second kappa shape index (κ2) is 15.8. The molecule has 1 fully saturated rings. The van der Waals surface area contributed by atoms with Crippen molar-refractivity contribution in [3.63, 3.8) is 0 Å². The summed E-state index contributed by atoms with van der Waals surface area (Å²) < 4.78 is 0. The number of amides is 3. The first-order valence-corrected chi connectivity index (χ1v) is 11.9. The van der Waals surface area contributed by atoms with Crippen molar-refractivity contribution in [1.82, 2.24) is 21.3 Å². The molecule has 0 bridgehead atoms. The number of unbranched alkanes of at least 4 members (excludes halogenated alkanes) is 2. The van der Waals surface area contributed by atoms with E-state index in [0.29, 0.717) is 58.0 Å². The molecule has 3 amide bonds. The van der Waals surface area contributed by atoms with E-state index >= 15 is 0 Å². The zero-order chi connectivity index (χ0) is 23.9. The minimum Gasteiger partial charge on any atom is -0.480 e. The van der Waals surface area contributed by atoms with Gasteiger partial charge in [-0.15, -0.1) is 0 Å². The lowest BCUT2D eigenvalue weighted by Gasteiger charge is -2.25. The fourth-order valence-electron chi connectivity index (χ4n) is 3.43. The van der Waals surface area contributed by atoms with Crippen LogP contribution in [0.1, 0.15) is 51.4 Å². The van der Waals surface area contributed by atoms with Gasteiger partial charge in [0.15, 0.2) is 0 Å². The van der Waals surface area contributed by atoms with Crippen molar-refractivity contribution < 1.29 is 24.3 Å². The number of carbonyl (C=O) groups excluding carboxylic acids is 3. The maximum absolute atomic E-state index is 13.0. The number of carbonyl (C=O) groups is 4. The van der Waals surface area contributed by atoms with Crippen LogP contribution in [-0.2, 0) is 19.2 Å². The van der Waals surface area contributed by atoms with Crippen LogP contribution in [0.2, 0.25) is 0 Å². The maximum atomic E-state index is 13.0. The average Bonchev–Trinajstić information content (AvgIpc) is 3.30. The van der Waals surface area contributed by atoms with Crippen LogP contribution in [0.4, 0.5) is 0 Å². The number of hydrogen-bond acceptors (Lipinski definition) is 8. The van der Waals surface area contributed by atoms with Crippen molar-refractivity contribution in [2.75, 3.05) is 25.4 Å². The molecule has 1 saturated heterocycles. The predicted octanol–water partition coefficient (Wildman–Crippen LogP) is -1.53. The summed E-state index contributed by atoms with van der Waals surface area (Å²) in [6.45, 7) is 1.65. The Kier molecular flexibility index (Phi) is 13.9. The molecule has 9 N–H and O–H groups in total.